The summed E-state index contributed by atoms with van der Waals surface area (Å²) in [5.41, 5.74) is 1.17. The molecular formula is C11H18ClN3S. The van der Waals surface area contributed by atoms with Gasteiger partial charge in [0.05, 0.1) is 5.69 Å². The van der Waals surface area contributed by atoms with Crippen LogP contribution >= 0.6 is 22.9 Å². The number of hydrogen-bond acceptors (Lipinski definition) is 4. The van der Waals surface area contributed by atoms with Crippen LogP contribution in [0.3, 0.4) is 0 Å². The number of piperazine rings is 1. The molecule has 1 fully saturated rings. The standard InChI is InChI=1S/C11H18ClN3S/c1-9-10(2)16-11(13-9)15-7-5-14(4-3-12)6-8-15/h3-8H2,1-2H3. The molecule has 0 amide bonds. The highest BCUT2D eigenvalue weighted by molar-refractivity contribution is 7.15. The second-order valence-corrected chi connectivity index (χ2v) is 5.72. The lowest BCUT2D eigenvalue weighted by Crippen LogP contribution is -2.46. The zero-order chi connectivity index (χ0) is 11.5. The molecule has 1 aromatic rings. The molecule has 1 aliphatic rings. The fourth-order valence-electron chi connectivity index (χ4n) is 1.87. The Morgan fingerprint density at radius 1 is 1.25 bits per heavy atom. The molecule has 0 bridgehead atoms. The molecule has 3 nitrogen and oxygen atoms in total. The van der Waals surface area contributed by atoms with Crippen molar-refractivity contribution < 1.29 is 0 Å². The molecule has 0 unspecified atom stereocenters. The van der Waals surface area contributed by atoms with Crippen molar-refractivity contribution in [3.8, 4) is 0 Å². The van der Waals surface area contributed by atoms with Crippen LogP contribution < -0.4 is 4.90 Å². The van der Waals surface area contributed by atoms with Crippen molar-refractivity contribution in [2.75, 3.05) is 43.5 Å². The van der Waals surface area contributed by atoms with Gasteiger partial charge in [-0.1, -0.05) is 0 Å². The number of anilines is 1. The van der Waals surface area contributed by atoms with E-state index >= 15 is 0 Å². The van der Waals surface area contributed by atoms with E-state index in [9.17, 15) is 0 Å². The Hall–Kier alpha value is -0.320. The molecule has 1 aliphatic heterocycles. The van der Waals surface area contributed by atoms with Crippen LogP contribution in [0.5, 0.6) is 0 Å². The summed E-state index contributed by atoms with van der Waals surface area (Å²) in [5.74, 6) is 0.732. The molecule has 5 heteroatoms. The second kappa shape index (κ2) is 5.34. The van der Waals surface area contributed by atoms with Crippen LogP contribution in [0.15, 0.2) is 0 Å². The van der Waals surface area contributed by atoms with Gasteiger partial charge in [-0.3, -0.25) is 4.90 Å². The van der Waals surface area contributed by atoms with Crippen LogP contribution in [0.2, 0.25) is 0 Å². The smallest absolute Gasteiger partial charge is 0.185 e. The molecule has 0 atom stereocenters. The molecule has 0 spiro atoms. The highest BCUT2D eigenvalue weighted by atomic mass is 35.5. The van der Waals surface area contributed by atoms with Crippen molar-refractivity contribution >= 4 is 28.1 Å². The summed E-state index contributed by atoms with van der Waals surface area (Å²) in [6, 6.07) is 0. The van der Waals surface area contributed by atoms with E-state index in [1.807, 2.05) is 0 Å². The van der Waals surface area contributed by atoms with Gasteiger partial charge in [-0.25, -0.2) is 4.98 Å². The minimum atomic E-state index is 0.732. The van der Waals surface area contributed by atoms with Crippen molar-refractivity contribution in [2.24, 2.45) is 0 Å². The number of alkyl halides is 1. The molecule has 16 heavy (non-hydrogen) atoms. The fraction of sp³-hybridized carbons (Fsp3) is 0.727. The number of thiazole rings is 1. The van der Waals surface area contributed by atoms with Gasteiger partial charge in [-0.05, 0) is 13.8 Å². The van der Waals surface area contributed by atoms with Crippen molar-refractivity contribution in [1.82, 2.24) is 9.88 Å². The molecule has 2 rings (SSSR count). The van der Waals surface area contributed by atoms with Crippen LogP contribution in [0.25, 0.3) is 0 Å². The maximum Gasteiger partial charge on any atom is 0.185 e. The van der Waals surface area contributed by atoms with Gasteiger partial charge in [-0.15, -0.1) is 22.9 Å². The lowest BCUT2D eigenvalue weighted by Gasteiger charge is -2.34. The maximum atomic E-state index is 5.75. The summed E-state index contributed by atoms with van der Waals surface area (Å²) in [7, 11) is 0. The first-order valence-electron chi connectivity index (χ1n) is 5.68. The summed E-state index contributed by atoms with van der Waals surface area (Å²) < 4.78 is 0. The minimum Gasteiger partial charge on any atom is -0.346 e. The average molecular weight is 260 g/mol. The van der Waals surface area contributed by atoms with E-state index in [1.165, 1.54) is 15.7 Å². The van der Waals surface area contributed by atoms with E-state index in [2.05, 4.69) is 28.6 Å². The summed E-state index contributed by atoms with van der Waals surface area (Å²) >= 11 is 7.55. The van der Waals surface area contributed by atoms with E-state index in [4.69, 9.17) is 11.6 Å². The van der Waals surface area contributed by atoms with Gasteiger partial charge in [-0.2, -0.15) is 0 Å². The lowest BCUT2D eigenvalue weighted by atomic mass is 10.3. The van der Waals surface area contributed by atoms with Crippen LogP contribution in [-0.4, -0.2) is 48.5 Å². The molecular weight excluding hydrogens is 242 g/mol. The number of hydrogen-bond donors (Lipinski definition) is 0. The predicted molar refractivity (Wildman–Crippen MR) is 71.0 cm³/mol. The number of nitrogens with zero attached hydrogens (tertiary/aromatic N) is 3. The highest BCUT2D eigenvalue weighted by Gasteiger charge is 2.19. The van der Waals surface area contributed by atoms with Gasteiger partial charge < -0.3 is 4.90 Å². The zero-order valence-electron chi connectivity index (χ0n) is 9.87. The Kier molecular flexibility index (Phi) is 4.05. The lowest BCUT2D eigenvalue weighted by molar-refractivity contribution is 0.272. The second-order valence-electron chi connectivity index (χ2n) is 4.16. The third kappa shape index (κ3) is 2.67. The fourth-order valence-corrected chi connectivity index (χ4v) is 3.07. The Labute approximate surface area is 106 Å². The van der Waals surface area contributed by atoms with E-state index in [1.54, 1.807) is 11.3 Å². The van der Waals surface area contributed by atoms with Crippen molar-refractivity contribution in [1.29, 1.82) is 0 Å². The quantitative estimate of drug-likeness (QED) is 0.776. The average Bonchev–Trinajstić information content (AvgIpc) is 2.61. The molecule has 2 heterocycles. The summed E-state index contributed by atoms with van der Waals surface area (Å²) in [6.45, 7) is 9.58. The topological polar surface area (TPSA) is 19.4 Å². The summed E-state index contributed by atoms with van der Waals surface area (Å²) in [6.07, 6.45) is 0. The van der Waals surface area contributed by atoms with Crippen LogP contribution in [0.1, 0.15) is 10.6 Å². The van der Waals surface area contributed by atoms with Gasteiger partial charge in [0.1, 0.15) is 0 Å². The molecule has 1 saturated heterocycles. The Morgan fingerprint density at radius 3 is 2.44 bits per heavy atom. The van der Waals surface area contributed by atoms with E-state index in [-0.39, 0.29) is 0 Å². The number of rotatable bonds is 3. The van der Waals surface area contributed by atoms with Gasteiger partial charge in [0.15, 0.2) is 5.13 Å². The molecule has 0 saturated carbocycles. The maximum absolute atomic E-state index is 5.75. The van der Waals surface area contributed by atoms with Crippen LogP contribution in [-0.2, 0) is 0 Å². The third-order valence-corrected chi connectivity index (χ3v) is 4.36. The molecule has 0 aliphatic carbocycles. The molecule has 1 aromatic heterocycles. The third-order valence-electron chi connectivity index (χ3n) is 3.06. The first-order valence-corrected chi connectivity index (χ1v) is 7.03. The zero-order valence-corrected chi connectivity index (χ0v) is 11.4. The number of aromatic nitrogens is 1. The first kappa shape index (κ1) is 12.1. The van der Waals surface area contributed by atoms with E-state index in [0.717, 1.165) is 38.6 Å². The van der Waals surface area contributed by atoms with Crippen LogP contribution in [0, 0.1) is 13.8 Å². The first-order chi connectivity index (χ1) is 7.70. The van der Waals surface area contributed by atoms with Crippen LogP contribution in [0.4, 0.5) is 5.13 Å². The number of aryl methyl sites for hydroxylation is 2. The summed E-state index contributed by atoms with van der Waals surface area (Å²) in [4.78, 5) is 10.7. The van der Waals surface area contributed by atoms with E-state index in [0.29, 0.717) is 0 Å². The summed E-state index contributed by atoms with van der Waals surface area (Å²) in [5, 5.41) is 1.18. The van der Waals surface area contributed by atoms with Gasteiger partial charge in [0.2, 0.25) is 0 Å². The van der Waals surface area contributed by atoms with Crippen molar-refractivity contribution in [2.45, 2.75) is 13.8 Å². The highest BCUT2D eigenvalue weighted by Crippen LogP contribution is 2.25. The van der Waals surface area contributed by atoms with E-state index < -0.39 is 0 Å². The predicted octanol–water partition coefficient (Wildman–Crippen LogP) is 2.12. The van der Waals surface area contributed by atoms with Crippen molar-refractivity contribution in [3.63, 3.8) is 0 Å². The van der Waals surface area contributed by atoms with Gasteiger partial charge in [0, 0.05) is 43.5 Å². The monoisotopic (exact) mass is 259 g/mol. The molecule has 0 radical (unpaired) electrons. The minimum absolute atomic E-state index is 0.732. The molecule has 0 aromatic carbocycles. The number of halogens is 1. The van der Waals surface area contributed by atoms with Gasteiger partial charge in [0.25, 0.3) is 0 Å². The van der Waals surface area contributed by atoms with Crippen molar-refractivity contribution in [3.05, 3.63) is 10.6 Å². The van der Waals surface area contributed by atoms with Gasteiger partial charge >= 0.3 is 0 Å². The SMILES string of the molecule is Cc1nc(N2CCN(CCCl)CC2)sc1C. The Balaban J connectivity index is 1.93. The normalized spacial score (nSPS) is 18.1. The Morgan fingerprint density at radius 2 is 1.94 bits per heavy atom. The Bertz CT molecular complexity index is 325. The molecule has 0 N–H and O–H groups in total. The largest absolute Gasteiger partial charge is 0.346 e. The molecule has 90 valence electrons.